The summed E-state index contributed by atoms with van der Waals surface area (Å²) in [6, 6.07) is 14.9. The lowest BCUT2D eigenvalue weighted by atomic mass is 10.0. The first-order chi connectivity index (χ1) is 16.4. The molecule has 1 amide bonds. The predicted octanol–water partition coefficient (Wildman–Crippen LogP) is 3.40. The van der Waals surface area contributed by atoms with E-state index >= 15 is 0 Å². The molecule has 0 aliphatic carbocycles. The highest BCUT2D eigenvalue weighted by atomic mass is 16.2. The van der Waals surface area contributed by atoms with Gasteiger partial charge in [-0.2, -0.15) is 10.1 Å². The van der Waals surface area contributed by atoms with E-state index in [1.807, 2.05) is 50.2 Å². The highest BCUT2D eigenvalue weighted by Crippen LogP contribution is 2.08. The molecule has 0 bridgehead atoms. The number of amides is 1. The number of carbonyl (C=O) groups is 2. The van der Waals surface area contributed by atoms with Crippen LogP contribution in [0, 0.1) is 5.92 Å². The maximum absolute atomic E-state index is 12.2. The predicted molar refractivity (Wildman–Crippen MR) is 130 cm³/mol. The number of carbonyl (C=O) groups excluding carboxylic acids is 2. The molecule has 0 saturated carbocycles. The van der Waals surface area contributed by atoms with Crippen LogP contribution in [0.1, 0.15) is 50.1 Å². The van der Waals surface area contributed by atoms with Crippen molar-refractivity contribution in [1.29, 1.82) is 0 Å². The van der Waals surface area contributed by atoms with Crippen LogP contribution in [-0.2, 0) is 35.4 Å². The van der Waals surface area contributed by atoms with Gasteiger partial charge in [-0.05, 0) is 48.9 Å². The molecule has 8 heteroatoms. The van der Waals surface area contributed by atoms with Crippen LogP contribution in [0.15, 0.2) is 59.5 Å². The molecule has 0 radical (unpaired) electrons. The van der Waals surface area contributed by atoms with E-state index in [0.717, 1.165) is 30.5 Å². The van der Waals surface area contributed by atoms with Crippen molar-refractivity contribution in [2.45, 2.75) is 58.9 Å². The van der Waals surface area contributed by atoms with Crippen molar-refractivity contribution in [3.05, 3.63) is 82.2 Å². The molecule has 3 aromatic rings. The summed E-state index contributed by atoms with van der Waals surface area (Å²) in [6.45, 7) is 4.54. The van der Waals surface area contributed by atoms with Gasteiger partial charge in [0.2, 0.25) is 5.91 Å². The highest BCUT2D eigenvalue weighted by molar-refractivity contribution is 5.91. The number of unbranched alkanes of at least 4 members (excludes halogenated alkanes) is 1. The third kappa shape index (κ3) is 8.35. The Morgan fingerprint density at radius 1 is 0.941 bits per heavy atom. The van der Waals surface area contributed by atoms with Gasteiger partial charge in [-0.15, -0.1) is 5.10 Å². The topological polar surface area (TPSA) is 107 Å². The van der Waals surface area contributed by atoms with Crippen LogP contribution in [0.2, 0.25) is 0 Å². The molecule has 34 heavy (non-hydrogen) atoms. The van der Waals surface area contributed by atoms with Gasteiger partial charge in [0.1, 0.15) is 5.78 Å². The molecule has 0 spiro atoms. The minimum Gasteiger partial charge on any atom is -0.309 e. The summed E-state index contributed by atoms with van der Waals surface area (Å²) in [5.74, 6) is 0.687. The van der Waals surface area contributed by atoms with Crippen molar-refractivity contribution in [1.82, 2.24) is 19.7 Å². The van der Waals surface area contributed by atoms with Crippen molar-refractivity contribution >= 4 is 17.5 Å². The quantitative estimate of drug-likeness (QED) is 0.414. The van der Waals surface area contributed by atoms with Crippen LogP contribution in [-0.4, -0.2) is 31.4 Å². The molecule has 3 rings (SSSR count). The van der Waals surface area contributed by atoms with Gasteiger partial charge in [-0.25, -0.2) is 4.79 Å². The molecular formula is C26H31N5O3. The van der Waals surface area contributed by atoms with Gasteiger partial charge in [0.15, 0.2) is 5.82 Å². The van der Waals surface area contributed by atoms with Crippen molar-refractivity contribution in [2.75, 3.05) is 5.32 Å². The second-order valence-electron chi connectivity index (χ2n) is 8.79. The Kier molecular flexibility index (Phi) is 9.20. The summed E-state index contributed by atoms with van der Waals surface area (Å²) in [7, 11) is 0. The smallest absolute Gasteiger partial charge is 0.309 e. The van der Waals surface area contributed by atoms with Gasteiger partial charge in [0, 0.05) is 25.6 Å². The molecule has 0 atom stereocenters. The van der Waals surface area contributed by atoms with E-state index in [-0.39, 0.29) is 30.2 Å². The molecule has 8 nitrogen and oxygen atoms in total. The largest absolute Gasteiger partial charge is 0.347 e. The maximum atomic E-state index is 12.2. The molecule has 0 unspecified atom stereocenters. The maximum Gasteiger partial charge on any atom is 0.347 e. The third-order valence-electron chi connectivity index (χ3n) is 5.22. The number of rotatable bonds is 12. The summed E-state index contributed by atoms with van der Waals surface area (Å²) >= 11 is 0. The number of ketones is 1. The van der Waals surface area contributed by atoms with E-state index in [0.29, 0.717) is 30.4 Å². The van der Waals surface area contributed by atoms with Crippen LogP contribution < -0.4 is 11.0 Å². The van der Waals surface area contributed by atoms with E-state index in [1.165, 1.54) is 0 Å². The number of aryl methyl sites for hydroxylation is 2. The molecule has 2 heterocycles. The van der Waals surface area contributed by atoms with Crippen LogP contribution in [0.3, 0.4) is 0 Å². The van der Waals surface area contributed by atoms with Gasteiger partial charge >= 0.3 is 5.69 Å². The van der Waals surface area contributed by atoms with Crippen molar-refractivity contribution in [3.63, 3.8) is 0 Å². The van der Waals surface area contributed by atoms with Gasteiger partial charge in [-0.1, -0.05) is 44.2 Å². The summed E-state index contributed by atoms with van der Waals surface area (Å²) in [6.07, 6.45) is 5.02. The Bertz CT molecular complexity index is 1140. The molecule has 2 aromatic heterocycles. The van der Waals surface area contributed by atoms with Crippen LogP contribution in [0.25, 0.3) is 0 Å². The second kappa shape index (κ2) is 12.5. The fourth-order valence-electron chi connectivity index (χ4n) is 3.58. The van der Waals surface area contributed by atoms with Crippen molar-refractivity contribution < 1.29 is 9.59 Å². The average molecular weight is 462 g/mol. The molecule has 1 aromatic carbocycles. The van der Waals surface area contributed by atoms with E-state index in [9.17, 15) is 14.4 Å². The molecular weight excluding hydrogens is 430 g/mol. The summed E-state index contributed by atoms with van der Waals surface area (Å²) in [4.78, 5) is 40.3. The SMILES string of the molecule is CC(C)CC(=O)Cc1ccn(CCCCc2ccc(NC(=O)Cc3ccccc3)nn2)c(=O)n1. The number of aromatic nitrogens is 4. The third-order valence-corrected chi connectivity index (χ3v) is 5.22. The first-order valence-electron chi connectivity index (χ1n) is 11.6. The Labute approximate surface area is 199 Å². The number of anilines is 1. The molecule has 178 valence electrons. The summed E-state index contributed by atoms with van der Waals surface area (Å²) in [5.41, 5.74) is 1.96. The van der Waals surface area contributed by atoms with E-state index in [4.69, 9.17) is 0 Å². The summed E-state index contributed by atoms with van der Waals surface area (Å²) in [5, 5.41) is 11.0. The van der Waals surface area contributed by atoms with E-state index in [1.54, 1.807) is 22.9 Å². The van der Waals surface area contributed by atoms with Crippen LogP contribution >= 0.6 is 0 Å². The minimum absolute atomic E-state index is 0.0996. The summed E-state index contributed by atoms with van der Waals surface area (Å²) < 4.78 is 1.56. The Balaban J connectivity index is 1.40. The number of benzene rings is 1. The van der Waals surface area contributed by atoms with Gasteiger partial charge in [-0.3, -0.25) is 14.2 Å². The Morgan fingerprint density at radius 2 is 1.74 bits per heavy atom. The zero-order chi connectivity index (χ0) is 24.3. The zero-order valence-corrected chi connectivity index (χ0v) is 19.7. The molecule has 0 saturated heterocycles. The monoisotopic (exact) mass is 461 g/mol. The Hall–Kier alpha value is -3.68. The van der Waals surface area contributed by atoms with Gasteiger partial charge in [0.05, 0.1) is 17.8 Å². The van der Waals surface area contributed by atoms with E-state index in [2.05, 4.69) is 20.5 Å². The molecule has 1 N–H and O–H groups in total. The number of nitrogens with zero attached hydrogens (tertiary/aromatic N) is 4. The normalized spacial score (nSPS) is 10.9. The van der Waals surface area contributed by atoms with Gasteiger partial charge < -0.3 is 5.32 Å². The number of hydrogen-bond acceptors (Lipinski definition) is 6. The number of nitrogens with one attached hydrogen (secondary N) is 1. The van der Waals surface area contributed by atoms with Crippen molar-refractivity contribution in [3.8, 4) is 0 Å². The highest BCUT2D eigenvalue weighted by Gasteiger charge is 2.09. The number of Topliss-reactive ketones (excluding diaryl/α,β-unsaturated/α-hetero) is 1. The fraction of sp³-hybridized carbons (Fsp3) is 0.385. The zero-order valence-electron chi connectivity index (χ0n) is 19.7. The molecule has 0 aliphatic heterocycles. The van der Waals surface area contributed by atoms with Gasteiger partial charge in [0.25, 0.3) is 0 Å². The minimum atomic E-state index is -0.328. The lowest BCUT2D eigenvalue weighted by Gasteiger charge is -2.07. The first kappa shape index (κ1) is 25.0. The molecule has 0 aliphatic rings. The lowest BCUT2D eigenvalue weighted by Crippen LogP contribution is -2.24. The molecule has 0 fully saturated rings. The number of hydrogen-bond donors (Lipinski definition) is 1. The lowest BCUT2D eigenvalue weighted by molar-refractivity contribution is -0.119. The second-order valence-corrected chi connectivity index (χ2v) is 8.79. The fourth-order valence-corrected chi connectivity index (χ4v) is 3.58. The van der Waals surface area contributed by atoms with Crippen LogP contribution in [0.4, 0.5) is 5.82 Å². The first-order valence-corrected chi connectivity index (χ1v) is 11.6. The van der Waals surface area contributed by atoms with Crippen molar-refractivity contribution in [2.24, 2.45) is 5.92 Å². The standard InChI is InChI=1S/C26H31N5O3/c1-19(2)16-23(32)18-22-13-15-31(26(34)27-22)14-7-6-10-21-11-12-24(30-29-21)28-25(33)17-20-8-4-3-5-9-20/h3-5,8-9,11-13,15,19H,6-7,10,14,16-18H2,1-2H3,(H,28,30,33). The average Bonchev–Trinajstić information content (AvgIpc) is 2.79. The Morgan fingerprint density at radius 3 is 2.41 bits per heavy atom. The van der Waals surface area contributed by atoms with E-state index < -0.39 is 0 Å². The van der Waals surface area contributed by atoms with Crippen LogP contribution in [0.5, 0.6) is 0 Å².